The summed E-state index contributed by atoms with van der Waals surface area (Å²) in [6.07, 6.45) is 9.55. The van der Waals surface area contributed by atoms with Crippen molar-refractivity contribution in [2.24, 2.45) is 5.92 Å². The highest BCUT2D eigenvalue weighted by Crippen LogP contribution is 2.44. The van der Waals surface area contributed by atoms with Crippen molar-refractivity contribution in [1.29, 1.82) is 0 Å². The Kier molecular flexibility index (Phi) is 4.94. The van der Waals surface area contributed by atoms with Crippen LogP contribution < -0.4 is 0 Å². The van der Waals surface area contributed by atoms with Crippen molar-refractivity contribution in [1.82, 2.24) is 0 Å². The fraction of sp³-hybridized carbons (Fsp3) is 1.00. The van der Waals surface area contributed by atoms with Gasteiger partial charge in [0, 0.05) is 6.61 Å². The monoisotopic (exact) mass is 198 g/mol. The van der Waals surface area contributed by atoms with Crippen molar-refractivity contribution >= 4 is 0 Å². The number of ether oxygens (including phenoxy) is 1. The Balaban J connectivity index is 0.000000461. The fourth-order valence-corrected chi connectivity index (χ4v) is 3.10. The van der Waals surface area contributed by atoms with E-state index in [2.05, 4.69) is 6.92 Å². The lowest BCUT2D eigenvalue weighted by molar-refractivity contribution is -0.0697. The zero-order chi connectivity index (χ0) is 10.4. The molecule has 1 spiro atoms. The molecule has 1 saturated heterocycles. The van der Waals surface area contributed by atoms with Gasteiger partial charge in [0.25, 0.3) is 0 Å². The Bertz CT molecular complexity index is 147. The lowest BCUT2D eigenvalue weighted by Crippen LogP contribution is -2.39. The molecule has 0 amide bonds. The molecule has 1 saturated carbocycles. The predicted octanol–water partition coefficient (Wildman–Crippen LogP) is 4.16. The molecule has 2 fully saturated rings. The van der Waals surface area contributed by atoms with Crippen molar-refractivity contribution in [3.05, 3.63) is 0 Å². The van der Waals surface area contributed by atoms with Crippen LogP contribution in [0.2, 0.25) is 0 Å². The first kappa shape index (κ1) is 12.0. The topological polar surface area (TPSA) is 9.23 Å². The molecule has 0 N–H and O–H groups in total. The van der Waals surface area contributed by atoms with E-state index >= 15 is 0 Å². The molecule has 1 nitrogen and oxygen atoms in total. The van der Waals surface area contributed by atoms with E-state index in [0.29, 0.717) is 5.60 Å². The zero-order valence-corrected chi connectivity index (χ0v) is 10.1. The number of hydrogen-bond donors (Lipinski definition) is 0. The molecule has 0 bridgehead atoms. The maximum Gasteiger partial charge on any atom is 0.0711 e. The minimum Gasteiger partial charge on any atom is -0.375 e. The number of hydrogen-bond acceptors (Lipinski definition) is 1. The molecule has 1 aliphatic heterocycles. The lowest BCUT2D eigenvalue weighted by Gasteiger charge is -2.40. The van der Waals surface area contributed by atoms with Crippen LogP contribution in [-0.2, 0) is 4.74 Å². The first-order valence-electron chi connectivity index (χ1n) is 6.51. The fourth-order valence-electron chi connectivity index (χ4n) is 3.10. The van der Waals surface area contributed by atoms with E-state index < -0.39 is 0 Å². The van der Waals surface area contributed by atoms with E-state index in [4.69, 9.17) is 4.74 Å². The first-order chi connectivity index (χ1) is 6.87. The van der Waals surface area contributed by atoms with Gasteiger partial charge in [0.15, 0.2) is 0 Å². The molecule has 0 aromatic heterocycles. The van der Waals surface area contributed by atoms with Crippen molar-refractivity contribution in [3.8, 4) is 0 Å². The smallest absolute Gasteiger partial charge is 0.0711 e. The van der Waals surface area contributed by atoms with Crippen LogP contribution in [0.5, 0.6) is 0 Å². The summed E-state index contributed by atoms with van der Waals surface area (Å²) < 4.78 is 5.98. The highest BCUT2D eigenvalue weighted by atomic mass is 16.5. The van der Waals surface area contributed by atoms with Gasteiger partial charge in [-0.15, -0.1) is 0 Å². The van der Waals surface area contributed by atoms with Crippen LogP contribution in [0.4, 0.5) is 0 Å². The zero-order valence-electron chi connectivity index (χ0n) is 10.1. The van der Waals surface area contributed by atoms with Crippen LogP contribution in [0.15, 0.2) is 0 Å². The molecule has 14 heavy (non-hydrogen) atoms. The van der Waals surface area contributed by atoms with Gasteiger partial charge >= 0.3 is 0 Å². The van der Waals surface area contributed by atoms with Crippen LogP contribution in [0.25, 0.3) is 0 Å². The Hall–Kier alpha value is -0.0400. The van der Waals surface area contributed by atoms with Gasteiger partial charge in [0.1, 0.15) is 0 Å². The standard InChI is InChI=1S/C11H20O.C2H6/c1-2-10-6-3-4-7-11(10)8-5-9-12-11;1-2/h10H,2-9H2,1H3;1-2H3. The Morgan fingerprint density at radius 2 is 1.86 bits per heavy atom. The van der Waals surface area contributed by atoms with Gasteiger partial charge in [0.05, 0.1) is 5.60 Å². The summed E-state index contributed by atoms with van der Waals surface area (Å²) in [7, 11) is 0. The highest BCUT2D eigenvalue weighted by Gasteiger charge is 2.42. The summed E-state index contributed by atoms with van der Waals surface area (Å²) in [5.74, 6) is 0.869. The maximum absolute atomic E-state index is 5.98. The van der Waals surface area contributed by atoms with Crippen molar-refractivity contribution in [2.75, 3.05) is 6.61 Å². The molecule has 84 valence electrons. The molecule has 2 rings (SSSR count). The third-order valence-corrected chi connectivity index (χ3v) is 3.77. The van der Waals surface area contributed by atoms with Crippen LogP contribution in [0.1, 0.15) is 65.7 Å². The van der Waals surface area contributed by atoms with E-state index in [9.17, 15) is 0 Å². The average molecular weight is 198 g/mol. The summed E-state index contributed by atoms with van der Waals surface area (Å²) in [6.45, 7) is 7.34. The molecule has 1 heteroatoms. The van der Waals surface area contributed by atoms with Crippen LogP contribution in [0.3, 0.4) is 0 Å². The van der Waals surface area contributed by atoms with Crippen LogP contribution in [-0.4, -0.2) is 12.2 Å². The minimum absolute atomic E-state index is 0.340. The highest BCUT2D eigenvalue weighted by molar-refractivity contribution is 4.93. The second-order valence-corrected chi connectivity index (χ2v) is 4.37. The van der Waals surface area contributed by atoms with Gasteiger partial charge in [-0.3, -0.25) is 0 Å². The number of rotatable bonds is 1. The molecule has 0 radical (unpaired) electrons. The van der Waals surface area contributed by atoms with Gasteiger partial charge in [-0.2, -0.15) is 0 Å². The molecule has 0 aromatic carbocycles. The summed E-state index contributed by atoms with van der Waals surface area (Å²) in [4.78, 5) is 0. The summed E-state index contributed by atoms with van der Waals surface area (Å²) in [6, 6.07) is 0. The Morgan fingerprint density at radius 3 is 2.43 bits per heavy atom. The largest absolute Gasteiger partial charge is 0.375 e. The first-order valence-corrected chi connectivity index (χ1v) is 6.51. The minimum atomic E-state index is 0.340. The van der Waals surface area contributed by atoms with Gasteiger partial charge in [-0.05, 0) is 31.6 Å². The summed E-state index contributed by atoms with van der Waals surface area (Å²) in [5, 5.41) is 0. The molecule has 2 aliphatic rings. The second-order valence-electron chi connectivity index (χ2n) is 4.37. The third kappa shape index (κ3) is 2.31. The molecule has 1 heterocycles. The average Bonchev–Trinajstić information content (AvgIpc) is 2.71. The predicted molar refractivity (Wildman–Crippen MR) is 61.5 cm³/mol. The van der Waals surface area contributed by atoms with Crippen LogP contribution in [0, 0.1) is 5.92 Å². The van der Waals surface area contributed by atoms with Crippen molar-refractivity contribution in [2.45, 2.75) is 71.3 Å². The van der Waals surface area contributed by atoms with Crippen molar-refractivity contribution in [3.63, 3.8) is 0 Å². The molecular weight excluding hydrogens is 172 g/mol. The van der Waals surface area contributed by atoms with Gasteiger partial charge in [0.2, 0.25) is 0 Å². The lowest BCUT2D eigenvalue weighted by atomic mass is 9.73. The van der Waals surface area contributed by atoms with E-state index in [1.165, 1.54) is 44.9 Å². The third-order valence-electron chi connectivity index (χ3n) is 3.77. The SMILES string of the molecule is CC.CCC1CCCCC12CCCO2. The van der Waals surface area contributed by atoms with Crippen molar-refractivity contribution < 1.29 is 4.74 Å². The van der Waals surface area contributed by atoms with E-state index in [-0.39, 0.29) is 0 Å². The van der Waals surface area contributed by atoms with E-state index in [0.717, 1.165) is 12.5 Å². The quantitative estimate of drug-likeness (QED) is 0.614. The summed E-state index contributed by atoms with van der Waals surface area (Å²) in [5.41, 5.74) is 0.340. The van der Waals surface area contributed by atoms with Gasteiger partial charge < -0.3 is 4.74 Å². The molecular formula is C13H26O. The summed E-state index contributed by atoms with van der Waals surface area (Å²) >= 11 is 0. The van der Waals surface area contributed by atoms with E-state index in [1.54, 1.807) is 0 Å². The molecule has 2 atom stereocenters. The normalized spacial score (nSPS) is 36.6. The second kappa shape index (κ2) is 5.75. The molecule has 1 aliphatic carbocycles. The van der Waals surface area contributed by atoms with Gasteiger partial charge in [-0.25, -0.2) is 0 Å². The Morgan fingerprint density at radius 1 is 1.14 bits per heavy atom. The molecule has 0 aromatic rings. The maximum atomic E-state index is 5.98. The Labute approximate surface area is 89.2 Å². The van der Waals surface area contributed by atoms with Gasteiger partial charge in [-0.1, -0.05) is 40.0 Å². The van der Waals surface area contributed by atoms with Crippen LogP contribution >= 0.6 is 0 Å². The molecule has 2 unspecified atom stereocenters. The van der Waals surface area contributed by atoms with E-state index in [1.807, 2.05) is 13.8 Å².